The third-order valence-corrected chi connectivity index (χ3v) is 7.71. The predicted molar refractivity (Wildman–Crippen MR) is 115 cm³/mol. The van der Waals surface area contributed by atoms with Gasteiger partial charge in [-0.1, -0.05) is 15.9 Å². The van der Waals surface area contributed by atoms with E-state index in [4.69, 9.17) is 4.74 Å². The third-order valence-electron chi connectivity index (χ3n) is 5.18. The Morgan fingerprint density at radius 1 is 1.00 bits per heavy atom. The fraction of sp³-hybridized carbons (Fsp3) is 0.632. The Morgan fingerprint density at radius 2 is 1.55 bits per heavy atom. The number of likely N-dealkylation sites (N-methyl/N-ethyl adjacent to an activating group) is 1. The molecule has 0 atom stereocenters. The molecule has 0 N–H and O–H groups in total. The van der Waals surface area contributed by atoms with Crippen molar-refractivity contribution in [3.8, 4) is 5.75 Å². The molecule has 2 heterocycles. The molecule has 0 bridgehead atoms. The molecule has 0 unspecified atom stereocenters. The largest absolute Gasteiger partial charge is 0.490 e. The molecule has 2 saturated heterocycles. The molecule has 1 aromatic rings. The molecule has 8 nitrogen and oxygen atoms in total. The van der Waals surface area contributed by atoms with Gasteiger partial charge in [0.15, 0.2) is 0 Å². The zero-order chi connectivity index (χ0) is 21.2. The zero-order valence-corrected chi connectivity index (χ0v) is 19.6. The number of piperazine rings is 2. The second-order valence-corrected chi connectivity index (χ2v) is 10.6. The molecule has 2 aliphatic rings. The van der Waals surface area contributed by atoms with E-state index in [0.717, 1.165) is 17.6 Å². The fourth-order valence-electron chi connectivity index (χ4n) is 3.50. The van der Waals surface area contributed by atoms with E-state index in [9.17, 15) is 13.2 Å². The van der Waals surface area contributed by atoms with Crippen LogP contribution in [-0.4, -0.2) is 98.2 Å². The topological polar surface area (TPSA) is 73.4 Å². The van der Waals surface area contributed by atoms with Crippen LogP contribution in [0.25, 0.3) is 0 Å². The summed E-state index contributed by atoms with van der Waals surface area (Å²) in [6.07, 6.45) is -0.0542. The van der Waals surface area contributed by atoms with Crippen molar-refractivity contribution in [3.05, 3.63) is 28.2 Å². The maximum Gasteiger partial charge on any atom is 0.282 e. The molecule has 10 heteroatoms. The smallest absolute Gasteiger partial charge is 0.282 e. The molecule has 2 fully saturated rings. The van der Waals surface area contributed by atoms with Crippen LogP contribution in [0.15, 0.2) is 22.7 Å². The van der Waals surface area contributed by atoms with Gasteiger partial charge in [-0.2, -0.15) is 17.0 Å². The van der Waals surface area contributed by atoms with Crippen LogP contribution in [0.5, 0.6) is 5.75 Å². The van der Waals surface area contributed by atoms with Crippen LogP contribution >= 0.6 is 15.9 Å². The summed E-state index contributed by atoms with van der Waals surface area (Å²) in [5.74, 6) is 0.400. The molecule has 0 radical (unpaired) electrons. The summed E-state index contributed by atoms with van der Waals surface area (Å²) in [7, 11) is -1.49. The number of carbonyl (C=O) groups is 1. The summed E-state index contributed by atoms with van der Waals surface area (Å²) in [4.78, 5) is 16.9. The number of nitrogens with zero attached hydrogens (tertiary/aromatic N) is 4. The first-order chi connectivity index (χ1) is 13.7. The summed E-state index contributed by atoms with van der Waals surface area (Å²) in [6.45, 7) is 7.65. The zero-order valence-electron chi connectivity index (χ0n) is 17.2. The minimum atomic E-state index is -3.48. The summed E-state index contributed by atoms with van der Waals surface area (Å²) in [5.41, 5.74) is 0.497. The van der Waals surface area contributed by atoms with E-state index < -0.39 is 10.2 Å². The summed E-state index contributed by atoms with van der Waals surface area (Å²) >= 11 is 3.42. The van der Waals surface area contributed by atoms with Crippen LogP contribution in [0.4, 0.5) is 0 Å². The van der Waals surface area contributed by atoms with Crippen molar-refractivity contribution in [3.63, 3.8) is 0 Å². The molecular weight excluding hydrogens is 460 g/mol. The van der Waals surface area contributed by atoms with E-state index in [2.05, 4.69) is 20.8 Å². The number of hydrogen-bond donors (Lipinski definition) is 0. The highest BCUT2D eigenvalue weighted by atomic mass is 79.9. The second kappa shape index (κ2) is 9.30. The fourth-order valence-corrected chi connectivity index (χ4v) is 5.41. The van der Waals surface area contributed by atoms with Crippen LogP contribution in [-0.2, 0) is 10.2 Å². The van der Waals surface area contributed by atoms with Gasteiger partial charge >= 0.3 is 0 Å². The Kier molecular flexibility index (Phi) is 7.21. The summed E-state index contributed by atoms with van der Waals surface area (Å²) in [6, 6.07) is 5.35. The number of amides is 1. The van der Waals surface area contributed by atoms with E-state index in [1.54, 1.807) is 21.3 Å². The van der Waals surface area contributed by atoms with Gasteiger partial charge in [-0.25, -0.2) is 0 Å². The normalized spacial score (nSPS) is 20.2. The van der Waals surface area contributed by atoms with Crippen molar-refractivity contribution in [2.45, 2.75) is 20.0 Å². The first kappa shape index (κ1) is 22.5. The lowest BCUT2D eigenvalue weighted by Crippen LogP contribution is -2.57. The van der Waals surface area contributed by atoms with Gasteiger partial charge in [0, 0.05) is 56.8 Å². The monoisotopic (exact) mass is 488 g/mol. The van der Waals surface area contributed by atoms with E-state index in [0.29, 0.717) is 50.6 Å². The standard InChI is InChI=1S/C19H29BrN4O4S/c1-15(2)28-18-14-16(20)4-5-17(18)19(25)22-8-12-24(13-9-22)29(26,27)23-10-6-21(3)7-11-23/h4-5,14-15H,6-13H2,1-3H3. The Labute approximate surface area is 181 Å². The maximum absolute atomic E-state index is 13.1. The van der Waals surface area contributed by atoms with Gasteiger partial charge in [-0.3, -0.25) is 4.79 Å². The van der Waals surface area contributed by atoms with Gasteiger partial charge in [0.05, 0.1) is 11.7 Å². The van der Waals surface area contributed by atoms with Gasteiger partial charge in [0.2, 0.25) is 0 Å². The van der Waals surface area contributed by atoms with Crippen LogP contribution in [0.2, 0.25) is 0 Å². The molecule has 1 amide bonds. The van der Waals surface area contributed by atoms with E-state index in [-0.39, 0.29) is 12.0 Å². The number of halogens is 1. The molecular formula is C19H29BrN4O4S. The second-order valence-electron chi connectivity index (χ2n) is 7.71. The third kappa shape index (κ3) is 5.29. The van der Waals surface area contributed by atoms with E-state index in [1.807, 2.05) is 27.0 Å². The number of carbonyl (C=O) groups excluding carboxylic acids is 1. The van der Waals surface area contributed by atoms with Gasteiger partial charge < -0.3 is 14.5 Å². The molecule has 0 aromatic heterocycles. The quantitative estimate of drug-likeness (QED) is 0.627. The minimum absolute atomic E-state index is 0.0542. The number of benzene rings is 1. The molecule has 0 aliphatic carbocycles. The van der Waals surface area contributed by atoms with Crippen LogP contribution in [0.3, 0.4) is 0 Å². The SMILES string of the molecule is CC(C)Oc1cc(Br)ccc1C(=O)N1CCN(S(=O)(=O)N2CCN(C)CC2)CC1. The highest BCUT2D eigenvalue weighted by Crippen LogP contribution is 2.27. The van der Waals surface area contributed by atoms with Crippen molar-refractivity contribution in [1.82, 2.24) is 18.4 Å². The van der Waals surface area contributed by atoms with Gasteiger partial charge in [0.25, 0.3) is 16.1 Å². The van der Waals surface area contributed by atoms with Crippen molar-refractivity contribution in [1.29, 1.82) is 0 Å². The molecule has 0 spiro atoms. The summed E-state index contributed by atoms with van der Waals surface area (Å²) < 4.78 is 35.5. The maximum atomic E-state index is 13.1. The minimum Gasteiger partial charge on any atom is -0.490 e. The Hall–Kier alpha value is -1.20. The highest BCUT2D eigenvalue weighted by molar-refractivity contribution is 9.10. The molecule has 0 saturated carbocycles. The Morgan fingerprint density at radius 3 is 2.10 bits per heavy atom. The van der Waals surface area contributed by atoms with Gasteiger partial charge in [-0.15, -0.1) is 0 Å². The van der Waals surface area contributed by atoms with Crippen LogP contribution < -0.4 is 4.74 Å². The summed E-state index contributed by atoms with van der Waals surface area (Å²) in [5, 5.41) is 0. The number of rotatable bonds is 5. The van der Waals surface area contributed by atoms with E-state index in [1.165, 1.54) is 4.31 Å². The van der Waals surface area contributed by atoms with Crippen molar-refractivity contribution >= 4 is 32.0 Å². The van der Waals surface area contributed by atoms with Crippen LogP contribution in [0, 0.1) is 0 Å². The van der Waals surface area contributed by atoms with E-state index >= 15 is 0 Å². The molecule has 3 rings (SSSR count). The molecule has 29 heavy (non-hydrogen) atoms. The van der Waals surface area contributed by atoms with Crippen molar-refractivity contribution in [2.24, 2.45) is 0 Å². The Bertz CT molecular complexity index is 833. The van der Waals surface area contributed by atoms with Gasteiger partial charge in [0.1, 0.15) is 5.75 Å². The lowest BCUT2D eigenvalue weighted by atomic mass is 10.1. The lowest BCUT2D eigenvalue weighted by molar-refractivity contribution is 0.0686. The highest BCUT2D eigenvalue weighted by Gasteiger charge is 2.35. The lowest BCUT2D eigenvalue weighted by Gasteiger charge is -2.39. The average molecular weight is 489 g/mol. The number of hydrogen-bond acceptors (Lipinski definition) is 5. The first-order valence-corrected chi connectivity index (χ1v) is 12.1. The molecule has 2 aliphatic heterocycles. The molecule has 1 aromatic carbocycles. The van der Waals surface area contributed by atoms with Crippen LogP contribution in [0.1, 0.15) is 24.2 Å². The first-order valence-electron chi connectivity index (χ1n) is 9.87. The van der Waals surface area contributed by atoms with Crippen molar-refractivity contribution in [2.75, 3.05) is 59.4 Å². The van der Waals surface area contributed by atoms with Gasteiger partial charge in [-0.05, 0) is 39.1 Å². The predicted octanol–water partition coefficient (Wildman–Crippen LogP) is 1.49. The molecule has 162 valence electrons. The average Bonchev–Trinajstić information content (AvgIpc) is 2.67. The Balaban J connectivity index is 1.66. The van der Waals surface area contributed by atoms with Crippen molar-refractivity contribution < 1.29 is 17.9 Å². The number of ether oxygens (including phenoxy) is 1.